The van der Waals surface area contributed by atoms with Gasteiger partial charge in [0.1, 0.15) is 0 Å². The Morgan fingerprint density at radius 3 is 2.74 bits per heavy atom. The minimum Gasteiger partial charge on any atom is -0.481 e. The normalized spacial score (nSPS) is 10.8. The van der Waals surface area contributed by atoms with Crippen LogP contribution in [0.5, 0.6) is 0 Å². The van der Waals surface area contributed by atoms with Gasteiger partial charge in [-0.3, -0.25) is 9.59 Å². The van der Waals surface area contributed by atoms with Crippen LogP contribution in [0.25, 0.3) is 6.08 Å². The number of rotatable bonds is 7. The van der Waals surface area contributed by atoms with Crippen molar-refractivity contribution in [2.24, 2.45) is 0 Å². The molecule has 0 unspecified atom stereocenters. The number of allylic oxidation sites excluding steroid dienone is 1. The molecular weight excluding hydrogens is 260 g/mol. The van der Waals surface area contributed by atoms with Gasteiger partial charge in [0.15, 0.2) is 5.12 Å². The maximum Gasteiger partial charge on any atom is 0.303 e. The van der Waals surface area contributed by atoms with Crippen LogP contribution in [0.2, 0.25) is 0 Å². The maximum absolute atomic E-state index is 10.8. The Morgan fingerprint density at radius 2 is 2.05 bits per heavy atom. The Labute approximate surface area is 117 Å². The third-order valence-corrected chi connectivity index (χ3v) is 3.40. The number of thioether (sulfide) groups is 1. The SMILES string of the molecule is CC(=O)SCCC=Cc1ccccc1CCC(=O)O. The molecule has 102 valence electrons. The summed E-state index contributed by atoms with van der Waals surface area (Å²) in [5.74, 6) is -0.00000898. The van der Waals surface area contributed by atoms with Gasteiger partial charge in [-0.15, -0.1) is 0 Å². The molecule has 0 radical (unpaired) electrons. The van der Waals surface area contributed by atoms with E-state index in [1.807, 2.05) is 36.4 Å². The Morgan fingerprint density at radius 1 is 1.32 bits per heavy atom. The van der Waals surface area contributed by atoms with Crippen LogP contribution in [0.3, 0.4) is 0 Å². The highest BCUT2D eigenvalue weighted by Gasteiger charge is 2.02. The van der Waals surface area contributed by atoms with Crippen LogP contribution < -0.4 is 0 Å². The summed E-state index contributed by atoms with van der Waals surface area (Å²) in [4.78, 5) is 21.4. The number of carbonyl (C=O) groups excluding carboxylic acids is 1. The summed E-state index contributed by atoms with van der Waals surface area (Å²) in [6, 6.07) is 7.78. The first-order chi connectivity index (χ1) is 9.09. The number of carboxylic acid groups (broad SMARTS) is 1. The van der Waals surface area contributed by atoms with Gasteiger partial charge >= 0.3 is 5.97 Å². The molecule has 1 rings (SSSR count). The standard InChI is InChI=1S/C15H18O3S/c1-12(16)19-11-5-4-8-13-6-2-3-7-14(13)9-10-15(17)18/h2-4,6-8H,5,9-11H2,1H3,(H,17,18). The van der Waals surface area contributed by atoms with Crippen LogP contribution in [0.15, 0.2) is 30.3 Å². The molecule has 0 heterocycles. The van der Waals surface area contributed by atoms with Crippen molar-refractivity contribution >= 4 is 28.9 Å². The van der Waals surface area contributed by atoms with E-state index >= 15 is 0 Å². The molecule has 1 aromatic carbocycles. The van der Waals surface area contributed by atoms with Crippen LogP contribution in [-0.2, 0) is 16.0 Å². The molecule has 0 saturated heterocycles. The Bertz CT molecular complexity index is 466. The number of aliphatic carboxylic acids is 1. The molecule has 0 aromatic heterocycles. The summed E-state index contributed by atoms with van der Waals surface area (Å²) in [6.07, 6.45) is 5.54. The second-order valence-electron chi connectivity index (χ2n) is 4.12. The number of carbonyl (C=O) groups is 2. The fraction of sp³-hybridized carbons (Fsp3) is 0.333. The second kappa shape index (κ2) is 8.53. The summed E-state index contributed by atoms with van der Waals surface area (Å²) < 4.78 is 0. The first-order valence-corrected chi connectivity index (χ1v) is 7.17. The van der Waals surface area contributed by atoms with Crippen LogP contribution in [0.1, 0.15) is 30.9 Å². The van der Waals surface area contributed by atoms with E-state index < -0.39 is 5.97 Å². The molecule has 0 aliphatic heterocycles. The highest BCUT2D eigenvalue weighted by atomic mass is 32.2. The fourth-order valence-electron chi connectivity index (χ4n) is 1.65. The minimum absolute atomic E-state index is 0.134. The highest BCUT2D eigenvalue weighted by Crippen LogP contribution is 2.14. The lowest BCUT2D eigenvalue weighted by atomic mass is 10.0. The highest BCUT2D eigenvalue weighted by molar-refractivity contribution is 8.13. The van der Waals surface area contributed by atoms with Gasteiger partial charge in [-0.25, -0.2) is 0 Å². The van der Waals surface area contributed by atoms with Gasteiger partial charge in [0.2, 0.25) is 0 Å². The van der Waals surface area contributed by atoms with E-state index in [9.17, 15) is 9.59 Å². The summed E-state index contributed by atoms with van der Waals surface area (Å²) in [7, 11) is 0. The van der Waals surface area contributed by atoms with Crippen LogP contribution in [0.4, 0.5) is 0 Å². The van der Waals surface area contributed by atoms with Gasteiger partial charge in [0.05, 0.1) is 0 Å². The monoisotopic (exact) mass is 278 g/mol. The first-order valence-electron chi connectivity index (χ1n) is 6.19. The summed E-state index contributed by atoms with van der Waals surface area (Å²) in [5, 5.41) is 8.85. The second-order valence-corrected chi connectivity index (χ2v) is 5.40. The maximum atomic E-state index is 10.8. The minimum atomic E-state index is -0.781. The smallest absolute Gasteiger partial charge is 0.303 e. The predicted molar refractivity (Wildman–Crippen MR) is 79.2 cm³/mol. The molecule has 0 bridgehead atoms. The average Bonchev–Trinajstić information content (AvgIpc) is 2.36. The van der Waals surface area contributed by atoms with Crippen molar-refractivity contribution < 1.29 is 14.7 Å². The molecule has 0 aliphatic carbocycles. The molecule has 0 amide bonds. The van der Waals surface area contributed by atoms with Crippen molar-refractivity contribution in [1.29, 1.82) is 0 Å². The Kier molecular flexibility index (Phi) is 6.97. The molecule has 1 aromatic rings. The first kappa shape index (κ1) is 15.5. The number of hydrogen-bond acceptors (Lipinski definition) is 3. The molecule has 0 aliphatic rings. The molecule has 0 fully saturated rings. The third kappa shape index (κ3) is 6.82. The Balaban J connectivity index is 2.54. The lowest BCUT2D eigenvalue weighted by molar-refractivity contribution is -0.137. The van der Waals surface area contributed by atoms with Gasteiger partial charge < -0.3 is 5.11 Å². The zero-order valence-electron chi connectivity index (χ0n) is 11.0. The number of benzene rings is 1. The van der Waals surface area contributed by atoms with Crippen LogP contribution in [-0.4, -0.2) is 21.9 Å². The van der Waals surface area contributed by atoms with Crippen molar-refractivity contribution in [2.45, 2.75) is 26.2 Å². The zero-order valence-corrected chi connectivity index (χ0v) is 11.8. The summed E-state index contributed by atoms with van der Waals surface area (Å²) in [5.41, 5.74) is 2.09. The molecule has 0 atom stereocenters. The Hall–Kier alpha value is -1.55. The van der Waals surface area contributed by atoms with Crippen LogP contribution >= 0.6 is 11.8 Å². The van der Waals surface area contributed by atoms with E-state index in [0.717, 1.165) is 23.3 Å². The molecule has 0 spiro atoms. The molecule has 3 nitrogen and oxygen atoms in total. The summed E-state index contributed by atoms with van der Waals surface area (Å²) in [6.45, 7) is 1.57. The van der Waals surface area contributed by atoms with Crippen molar-refractivity contribution in [3.63, 3.8) is 0 Å². The molecule has 4 heteroatoms. The third-order valence-electron chi connectivity index (χ3n) is 2.55. The molecular formula is C15H18O3S. The number of carboxylic acids is 1. The van der Waals surface area contributed by atoms with Crippen molar-refractivity contribution in [1.82, 2.24) is 0 Å². The average molecular weight is 278 g/mol. The number of aryl methyl sites for hydroxylation is 1. The van der Waals surface area contributed by atoms with E-state index in [2.05, 4.69) is 0 Å². The summed E-state index contributed by atoms with van der Waals surface area (Å²) >= 11 is 1.32. The fourth-order valence-corrected chi connectivity index (χ4v) is 2.19. The predicted octanol–water partition coefficient (Wildman–Crippen LogP) is 3.39. The van der Waals surface area contributed by atoms with E-state index in [4.69, 9.17) is 5.11 Å². The quantitative estimate of drug-likeness (QED) is 0.777. The van der Waals surface area contributed by atoms with Gasteiger partial charge in [0, 0.05) is 19.1 Å². The largest absolute Gasteiger partial charge is 0.481 e. The molecule has 19 heavy (non-hydrogen) atoms. The van der Waals surface area contributed by atoms with Crippen molar-refractivity contribution in [3.8, 4) is 0 Å². The van der Waals surface area contributed by atoms with E-state index in [-0.39, 0.29) is 11.5 Å². The lowest BCUT2D eigenvalue weighted by Crippen LogP contribution is -1.98. The molecule has 1 N–H and O–H groups in total. The topological polar surface area (TPSA) is 54.4 Å². The van der Waals surface area contributed by atoms with E-state index in [1.54, 1.807) is 6.92 Å². The lowest BCUT2D eigenvalue weighted by Gasteiger charge is -2.04. The van der Waals surface area contributed by atoms with Crippen molar-refractivity contribution in [2.75, 3.05) is 5.75 Å². The van der Waals surface area contributed by atoms with Crippen molar-refractivity contribution in [3.05, 3.63) is 41.5 Å². The van der Waals surface area contributed by atoms with Gasteiger partial charge in [0.25, 0.3) is 0 Å². The number of hydrogen-bond donors (Lipinski definition) is 1. The van der Waals surface area contributed by atoms with Gasteiger partial charge in [-0.1, -0.05) is 48.2 Å². The zero-order chi connectivity index (χ0) is 14.1. The van der Waals surface area contributed by atoms with Gasteiger partial charge in [-0.2, -0.15) is 0 Å². The molecule has 0 saturated carbocycles. The van der Waals surface area contributed by atoms with E-state index in [0.29, 0.717) is 6.42 Å². The van der Waals surface area contributed by atoms with Crippen LogP contribution in [0, 0.1) is 0 Å². The van der Waals surface area contributed by atoms with E-state index in [1.165, 1.54) is 11.8 Å². The van der Waals surface area contributed by atoms with Gasteiger partial charge in [-0.05, 0) is 24.0 Å².